The van der Waals surface area contributed by atoms with E-state index < -0.39 is 0 Å². The molecule has 3 heteroatoms. The second-order valence-corrected chi connectivity index (χ2v) is 3.63. The summed E-state index contributed by atoms with van der Waals surface area (Å²) in [5.74, 6) is 0. The van der Waals surface area contributed by atoms with Gasteiger partial charge >= 0.3 is 0 Å². The molecular weight excluding hydrogens is 142 g/mol. The molecule has 0 bridgehead atoms. The summed E-state index contributed by atoms with van der Waals surface area (Å²) in [6.45, 7) is 8.63. The molecule has 0 fully saturated rings. The lowest BCUT2D eigenvalue weighted by Crippen LogP contribution is -2.43. The molecule has 68 valence electrons. The minimum absolute atomic E-state index is 0.00199. The monoisotopic (exact) mass is 161 g/mol. The quantitative estimate of drug-likeness (QED) is 0.597. The average Bonchev–Trinajstić information content (AvgIpc) is 1.79. The van der Waals surface area contributed by atoms with Crippen LogP contribution in [0.1, 0.15) is 27.7 Å². The molecule has 0 rings (SSSR count). The Labute approximate surface area is 68.8 Å². The highest BCUT2D eigenvalue weighted by Gasteiger charge is 2.12. The summed E-state index contributed by atoms with van der Waals surface area (Å²) in [5, 5.41) is 11.7. The first-order valence-electron chi connectivity index (χ1n) is 3.96. The van der Waals surface area contributed by atoms with E-state index in [-0.39, 0.29) is 18.4 Å². The van der Waals surface area contributed by atoms with Crippen LogP contribution in [0.5, 0.6) is 0 Å². The van der Waals surface area contributed by atoms with E-state index in [1.165, 1.54) is 0 Å². The zero-order chi connectivity index (χ0) is 8.91. The minimum Gasteiger partial charge on any atom is -0.394 e. The Morgan fingerprint density at radius 3 is 2.36 bits per heavy atom. The molecule has 0 spiro atoms. The van der Waals surface area contributed by atoms with Crippen LogP contribution in [0, 0.1) is 0 Å². The van der Waals surface area contributed by atoms with Gasteiger partial charge in [0.05, 0.1) is 13.2 Å². The van der Waals surface area contributed by atoms with E-state index in [1.54, 1.807) is 0 Å². The van der Waals surface area contributed by atoms with E-state index in [4.69, 9.17) is 9.84 Å². The second kappa shape index (κ2) is 4.70. The van der Waals surface area contributed by atoms with E-state index in [9.17, 15) is 0 Å². The molecule has 2 N–H and O–H groups in total. The smallest absolute Gasteiger partial charge is 0.105 e. The van der Waals surface area contributed by atoms with Gasteiger partial charge in [-0.25, -0.2) is 0 Å². The Morgan fingerprint density at radius 1 is 1.45 bits per heavy atom. The highest BCUT2D eigenvalue weighted by atomic mass is 16.5. The molecule has 0 saturated heterocycles. The van der Waals surface area contributed by atoms with E-state index >= 15 is 0 Å². The third-order valence-corrected chi connectivity index (χ3v) is 1.10. The molecule has 0 saturated carbocycles. The maximum atomic E-state index is 8.46. The molecule has 0 aromatic rings. The first-order valence-corrected chi connectivity index (χ1v) is 3.96. The Hall–Kier alpha value is -0.120. The molecule has 0 amide bonds. The molecular formula is C8H19NO2. The SMILES string of the molecule is CC(NC(C)(C)C)OCCO. The summed E-state index contributed by atoms with van der Waals surface area (Å²) < 4.78 is 5.21. The van der Waals surface area contributed by atoms with Gasteiger partial charge in [-0.05, 0) is 27.7 Å². The van der Waals surface area contributed by atoms with Crippen LogP contribution < -0.4 is 5.32 Å². The lowest BCUT2D eigenvalue weighted by Gasteiger charge is -2.25. The number of aliphatic hydroxyl groups excluding tert-OH is 1. The number of hydrogen-bond acceptors (Lipinski definition) is 3. The van der Waals surface area contributed by atoms with E-state index in [2.05, 4.69) is 26.1 Å². The van der Waals surface area contributed by atoms with Crippen molar-refractivity contribution in [2.75, 3.05) is 13.2 Å². The van der Waals surface area contributed by atoms with Crippen molar-refractivity contribution in [2.24, 2.45) is 0 Å². The topological polar surface area (TPSA) is 41.5 Å². The van der Waals surface area contributed by atoms with Crippen molar-refractivity contribution in [1.82, 2.24) is 5.32 Å². The van der Waals surface area contributed by atoms with Gasteiger partial charge < -0.3 is 9.84 Å². The zero-order valence-electron chi connectivity index (χ0n) is 7.85. The number of ether oxygens (including phenoxy) is 1. The summed E-state index contributed by atoms with van der Waals surface area (Å²) in [5.41, 5.74) is 0.0644. The standard InChI is InChI=1S/C8H19NO2/c1-7(11-6-5-10)9-8(2,3)4/h7,9-10H,5-6H2,1-4H3. The lowest BCUT2D eigenvalue weighted by molar-refractivity contribution is 0.00657. The van der Waals surface area contributed by atoms with Crippen molar-refractivity contribution in [3.63, 3.8) is 0 Å². The van der Waals surface area contributed by atoms with E-state index in [1.807, 2.05) is 6.92 Å². The molecule has 3 nitrogen and oxygen atoms in total. The van der Waals surface area contributed by atoms with Crippen LogP contribution in [-0.2, 0) is 4.74 Å². The normalized spacial score (nSPS) is 15.0. The van der Waals surface area contributed by atoms with Crippen LogP contribution in [0.25, 0.3) is 0 Å². The fourth-order valence-corrected chi connectivity index (χ4v) is 0.881. The van der Waals surface area contributed by atoms with Gasteiger partial charge in [0.1, 0.15) is 6.23 Å². The lowest BCUT2D eigenvalue weighted by atomic mass is 10.1. The van der Waals surface area contributed by atoms with Crippen molar-refractivity contribution >= 4 is 0 Å². The maximum absolute atomic E-state index is 8.46. The van der Waals surface area contributed by atoms with Crippen LogP contribution in [0.2, 0.25) is 0 Å². The van der Waals surface area contributed by atoms with Crippen molar-refractivity contribution in [3.05, 3.63) is 0 Å². The summed E-state index contributed by atoms with van der Waals surface area (Å²) in [6, 6.07) is 0. The highest BCUT2D eigenvalue weighted by Crippen LogP contribution is 2.01. The molecule has 0 aliphatic heterocycles. The van der Waals surface area contributed by atoms with Crippen LogP contribution in [-0.4, -0.2) is 30.1 Å². The van der Waals surface area contributed by atoms with Crippen LogP contribution in [0.15, 0.2) is 0 Å². The molecule has 0 aliphatic rings. The summed E-state index contributed by atoms with van der Waals surface area (Å²) in [6.07, 6.45) is 0.00199. The highest BCUT2D eigenvalue weighted by molar-refractivity contribution is 4.70. The van der Waals surface area contributed by atoms with Crippen molar-refractivity contribution in [3.8, 4) is 0 Å². The second-order valence-electron chi connectivity index (χ2n) is 3.63. The Balaban J connectivity index is 3.44. The third-order valence-electron chi connectivity index (χ3n) is 1.10. The van der Waals surface area contributed by atoms with E-state index in [0.717, 1.165) is 0 Å². The summed E-state index contributed by atoms with van der Waals surface area (Å²) in [7, 11) is 0. The molecule has 0 aliphatic carbocycles. The van der Waals surface area contributed by atoms with Gasteiger partial charge in [-0.1, -0.05) is 0 Å². The third kappa shape index (κ3) is 7.78. The number of nitrogens with one attached hydrogen (secondary N) is 1. The van der Waals surface area contributed by atoms with Gasteiger partial charge in [-0.2, -0.15) is 0 Å². The maximum Gasteiger partial charge on any atom is 0.105 e. The number of hydrogen-bond donors (Lipinski definition) is 2. The van der Waals surface area contributed by atoms with Crippen LogP contribution in [0.3, 0.4) is 0 Å². The van der Waals surface area contributed by atoms with Gasteiger partial charge in [-0.3, -0.25) is 5.32 Å². The number of aliphatic hydroxyl groups is 1. The fraction of sp³-hybridized carbons (Fsp3) is 1.00. The van der Waals surface area contributed by atoms with E-state index in [0.29, 0.717) is 6.61 Å². The molecule has 0 aromatic carbocycles. The molecule has 1 unspecified atom stereocenters. The summed E-state index contributed by atoms with van der Waals surface area (Å²) in [4.78, 5) is 0. The fourth-order valence-electron chi connectivity index (χ4n) is 0.881. The number of rotatable bonds is 4. The Bertz CT molecular complexity index is 98.8. The molecule has 11 heavy (non-hydrogen) atoms. The summed E-state index contributed by atoms with van der Waals surface area (Å²) >= 11 is 0. The van der Waals surface area contributed by atoms with Gasteiger partial charge in [0.2, 0.25) is 0 Å². The Morgan fingerprint density at radius 2 is 2.00 bits per heavy atom. The molecule has 0 radical (unpaired) electrons. The molecule has 0 heterocycles. The molecule has 0 aromatic heterocycles. The zero-order valence-corrected chi connectivity index (χ0v) is 7.85. The molecule has 1 atom stereocenters. The van der Waals surface area contributed by atoms with Crippen molar-refractivity contribution in [1.29, 1.82) is 0 Å². The van der Waals surface area contributed by atoms with Gasteiger partial charge in [0, 0.05) is 5.54 Å². The van der Waals surface area contributed by atoms with Gasteiger partial charge in [0.15, 0.2) is 0 Å². The van der Waals surface area contributed by atoms with Crippen LogP contribution >= 0.6 is 0 Å². The van der Waals surface area contributed by atoms with Gasteiger partial charge in [0.25, 0.3) is 0 Å². The first kappa shape index (κ1) is 10.9. The largest absolute Gasteiger partial charge is 0.394 e. The minimum atomic E-state index is 0.00199. The van der Waals surface area contributed by atoms with Crippen LogP contribution in [0.4, 0.5) is 0 Å². The Kier molecular flexibility index (Phi) is 4.65. The average molecular weight is 161 g/mol. The van der Waals surface area contributed by atoms with Crippen molar-refractivity contribution in [2.45, 2.75) is 39.5 Å². The van der Waals surface area contributed by atoms with Gasteiger partial charge in [-0.15, -0.1) is 0 Å². The predicted molar refractivity (Wildman–Crippen MR) is 45.4 cm³/mol. The first-order chi connectivity index (χ1) is 4.95. The predicted octanol–water partition coefficient (Wildman–Crippen LogP) is 0.729. The van der Waals surface area contributed by atoms with Crippen molar-refractivity contribution < 1.29 is 9.84 Å².